The number of hydrogen-bond donors (Lipinski definition) is 5. The Labute approximate surface area is 222 Å². The molecule has 0 bridgehead atoms. The average molecular weight is 545 g/mol. The van der Waals surface area contributed by atoms with Crippen molar-refractivity contribution < 1.29 is 58.9 Å². The standard InChI is InChI=1S/C27H28O12/c1-36-20-11-15(3-7-17(20)28)5-9-23(31)38-22-14-27(35,26(33)34)13-19(30)25(22)39-24(32)10-6-16-4-8-18(29)21(12-16)37-2/h3-12,19,22,25,28-30,35H,13-14H2,1-2H3,(H,33,34)/t19-,22+,25-,27+/m1/s1. The number of aliphatic hydroxyl groups excluding tert-OH is 1. The summed E-state index contributed by atoms with van der Waals surface area (Å²) in [7, 11) is 2.71. The Morgan fingerprint density at radius 2 is 1.33 bits per heavy atom. The average Bonchev–Trinajstić information content (AvgIpc) is 2.89. The lowest BCUT2D eigenvalue weighted by Gasteiger charge is -2.40. The second kappa shape index (κ2) is 12.3. The van der Waals surface area contributed by atoms with E-state index in [9.17, 15) is 39.9 Å². The fourth-order valence-corrected chi connectivity index (χ4v) is 3.97. The summed E-state index contributed by atoms with van der Waals surface area (Å²) in [6, 6.07) is 8.63. The van der Waals surface area contributed by atoms with Gasteiger partial charge in [-0.1, -0.05) is 12.1 Å². The van der Waals surface area contributed by atoms with Crippen molar-refractivity contribution in [2.45, 2.75) is 36.8 Å². The van der Waals surface area contributed by atoms with Crippen molar-refractivity contribution in [3.8, 4) is 23.0 Å². The number of carbonyl (C=O) groups is 3. The fraction of sp³-hybridized carbons (Fsp3) is 0.296. The molecule has 0 radical (unpaired) electrons. The quantitative estimate of drug-likeness (QED) is 0.227. The van der Waals surface area contributed by atoms with E-state index in [2.05, 4.69) is 0 Å². The van der Waals surface area contributed by atoms with E-state index in [0.717, 1.165) is 12.2 Å². The predicted molar refractivity (Wildman–Crippen MR) is 135 cm³/mol. The molecule has 3 rings (SSSR count). The lowest BCUT2D eigenvalue weighted by molar-refractivity contribution is -0.204. The van der Waals surface area contributed by atoms with Gasteiger partial charge in [0.25, 0.3) is 0 Å². The van der Waals surface area contributed by atoms with Gasteiger partial charge in [0, 0.05) is 25.0 Å². The van der Waals surface area contributed by atoms with Gasteiger partial charge >= 0.3 is 17.9 Å². The van der Waals surface area contributed by atoms with E-state index in [1.54, 1.807) is 0 Å². The number of phenolic OH excluding ortho intramolecular Hbond substituents is 2. The van der Waals surface area contributed by atoms with E-state index in [-0.39, 0.29) is 23.0 Å². The van der Waals surface area contributed by atoms with Crippen LogP contribution >= 0.6 is 0 Å². The molecule has 1 fully saturated rings. The largest absolute Gasteiger partial charge is 0.504 e. The third-order valence-electron chi connectivity index (χ3n) is 5.98. The minimum atomic E-state index is -2.43. The predicted octanol–water partition coefficient (Wildman–Crippen LogP) is 1.64. The summed E-state index contributed by atoms with van der Waals surface area (Å²) in [5.41, 5.74) is -1.49. The zero-order valence-corrected chi connectivity index (χ0v) is 21.0. The van der Waals surface area contributed by atoms with Gasteiger partial charge in [-0.2, -0.15) is 0 Å². The maximum atomic E-state index is 12.5. The van der Waals surface area contributed by atoms with Crippen molar-refractivity contribution in [2.24, 2.45) is 0 Å². The first kappa shape index (κ1) is 29.0. The minimum Gasteiger partial charge on any atom is -0.504 e. The number of carbonyl (C=O) groups excluding carboxylic acids is 2. The van der Waals surface area contributed by atoms with Crippen LogP contribution in [0.25, 0.3) is 12.2 Å². The van der Waals surface area contributed by atoms with Crippen LogP contribution in [0.5, 0.6) is 23.0 Å². The zero-order valence-electron chi connectivity index (χ0n) is 21.0. The lowest BCUT2D eigenvalue weighted by atomic mass is 9.79. The summed E-state index contributed by atoms with van der Waals surface area (Å²) in [5, 5.41) is 49.8. The highest BCUT2D eigenvalue weighted by molar-refractivity contribution is 5.88. The van der Waals surface area contributed by atoms with E-state index in [4.69, 9.17) is 18.9 Å². The number of methoxy groups -OCH3 is 2. The van der Waals surface area contributed by atoms with Crippen molar-refractivity contribution in [1.82, 2.24) is 0 Å². The molecule has 2 aromatic rings. The number of aliphatic carboxylic acids is 1. The van der Waals surface area contributed by atoms with Gasteiger partial charge in [-0.15, -0.1) is 0 Å². The van der Waals surface area contributed by atoms with Gasteiger partial charge in [0.05, 0.1) is 20.3 Å². The van der Waals surface area contributed by atoms with Crippen molar-refractivity contribution in [3.63, 3.8) is 0 Å². The van der Waals surface area contributed by atoms with E-state index >= 15 is 0 Å². The highest BCUT2D eigenvalue weighted by Crippen LogP contribution is 2.34. The molecule has 0 aliphatic heterocycles. The topological polar surface area (TPSA) is 189 Å². The van der Waals surface area contributed by atoms with Crippen LogP contribution in [0.3, 0.4) is 0 Å². The third kappa shape index (κ3) is 7.27. The molecule has 39 heavy (non-hydrogen) atoms. The molecule has 0 unspecified atom stereocenters. The highest BCUT2D eigenvalue weighted by atomic mass is 16.6. The Kier molecular flexibility index (Phi) is 9.17. The summed E-state index contributed by atoms with van der Waals surface area (Å²) in [4.78, 5) is 36.7. The van der Waals surface area contributed by atoms with Gasteiger partial charge < -0.3 is 44.5 Å². The molecule has 1 saturated carbocycles. The van der Waals surface area contributed by atoms with Gasteiger partial charge in [-0.25, -0.2) is 14.4 Å². The zero-order chi connectivity index (χ0) is 28.7. The number of ether oxygens (including phenoxy) is 4. The molecule has 208 valence electrons. The smallest absolute Gasteiger partial charge is 0.335 e. The summed E-state index contributed by atoms with van der Waals surface area (Å²) < 4.78 is 20.6. The summed E-state index contributed by atoms with van der Waals surface area (Å²) in [6.07, 6.45) is -1.27. The summed E-state index contributed by atoms with van der Waals surface area (Å²) in [5.74, 6) is -3.42. The molecule has 0 aromatic heterocycles. The molecule has 1 aliphatic rings. The lowest BCUT2D eigenvalue weighted by Crippen LogP contribution is -2.58. The molecular formula is C27H28O12. The van der Waals surface area contributed by atoms with Crippen LogP contribution < -0.4 is 9.47 Å². The van der Waals surface area contributed by atoms with Gasteiger partial charge in [0.15, 0.2) is 34.7 Å². The molecular weight excluding hydrogens is 516 g/mol. The first-order chi connectivity index (χ1) is 18.4. The molecule has 12 heteroatoms. The molecule has 0 saturated heterocycles. The third-order valence-corrected chi connectivity index (χ3v) is 5.98. The number of aromatic hydroxyl groups is 2. The van der Waals surface area contributed by atoms with Crippen molar-refractivity contribution in [3.05, 3.63) is 59.7 Å². The second-order valence-corrected chi connectivity index (χ2v) is 8.72. The van der Waals surface area contributed by atoms with E-state index in [0.29, 0.717) is 11.1 Å². The molecule has 0 heterocycles. The van der Waals surface area contributed by atoms with Crippen molar-refractivity contribution >= 4 is 30.1 Å². The van der Waals surface area contributed by atoms with E-state index in [1.165, 1.54) is 62.8 Å². The molecule has 4 atom stereocenters. The van der Waals surface area contributed by atoms with Crippen LogP contribution in [-0.4, -0.2) is 81.6 Å². The number of hydrogen-bond acceptors (Lipinski definition) is 11. The Morgan fingerprint density at radius 1 is 0.846 bits per heavy atom. The first-order valence-electron chi connectivity index (χ1n) is 11.6. The van der Waals surface area contributed by atoms with Gasteiger partial charge in [-0.05, 0) is 47.5 Å². The maximum Gasteiger partial charge on any atom is 0.335 e. The van der Waals surface area contributed by atoms with E-state index in [1.807, 2.05) is 0 Å². The first-order valence-corrected chi connectivity index (χ1v) is 11.6. The van der Waals surface area contributed by atoms with Crippen LogP contribution in [-0.2, 0) is 23.9 Å². The van der Waals surface area contributed by atoms with Crippen LogP contribution in [0.4, 0.5) is 0 Å². The number of esters is 2. The maximum absolute atomic E-state index is 12.5. The number of carboxylic acid groups (broad SMARTS) is 1. The minimum absolute atomic E-state index is 0.100. The van der Waals surface area contributed by atoms with Gasteiger partial charge in [-0.3, -0.25) is 0 Å². The number of carboxylic acids is 1. The molecule has 12 nitrogen and oxygen atoms in total. The van der Waals surface area contributed by atoms with Crippen LogP contribution in [0, 0.1) is 0 Å². The Bertz CT molecular complexity index is 1280. The monoisotopic (exact) mass is 544 g/mol. The molecule has 5 N–H and O–H groups in total. The van der Waals surface area contributed by atoms with Crippen molar-refractivity contribution in [2.75, 3.05) is 14.2 Å². The second-order valence-electron chi connectivity index (χ2n) is 8.72. The van der Waals surface area contributed by atoms with Gasteiger partial charge in [0.1, 0.15) is 6.10 Å². The number of rotatable bonds is 9. The normalized spacial score (nSPS) is 22.9. The molecule has 0 amide bonds. The fourth-order valence-electron chi connectivity index (χ4n) is 3.97. The molecule has 0 spiro atoms. The van der Waals surface area contributed by atoms with Gasteiger partial charge in [0.2, 0.25) is 0 Å². The highest BCUT2D eigenvalue weighted by Gasteiger charge is 2.52. The summed E-state index contributed by atoms with van der Waals surface area (Å²) >= 11 is 0. The Balaban J connectivity index is 1.76. The Morgan fingerprint density at radius 3 is 1.79 bits per heavy atom. The van der Waals surface area contributed by atoms with Crippen LogP contribution in [0.15, 0.2) is 48.6 Å². The van der Waals surface area contributed by atoms with Crippen LogP contribution in [0.1, 0.15) is 24.0 Å². The van der Waals surface area contributed by atoms with E-state index < -0.39 is 54.7 Å². The summed E-state index contributed by atoms with van der Waals surface area (Å²) in [6.45, 7) is 0. The molecule has 1 aliphatic carbocycles. The number of phenols is 2. The molecule has 2 aromatic carbocycles. The van der Waals surface area contributed by atoms with Crippen LogP contribution in [0.2, 0.25) is 0 Å². The SMILES string of the molecule is COc1cc(C=CC(=O)O[C@@H]2[C@H](O)C[C@@](O)(C(=O)O)C[C@@H]2OC(=O)C=Cc2ccc(O)c(OC)c2)ccc1O. The number of aliphatic hydroxyl groups is 2. The van der Waals surface area contributed by atoms with Crippen molar-refractivity contribution in [1.29, 1.82) is 0 Å². The number of benzene rings is 2. The Hall–Kier alpha value is -4.55.